The molecular formula is C17H19N3O3S. The summed E-state index contributed by atoms with van der Waals surface area (Å²) in [6, 6.07) is 7.56. The molecule has 2 amide bonds. The van der Waals surface area contributed by atoms with Gasteiger partial charge in [0.1, 0.15) is 5.75 Å². The number of nitrogens with zero attached hydrogens (tertiary/aromatic N) is 1. The quantitative estimate of drug-likeness (QED) is 0.807. The SMILES string of the molecule is COc1ccccc1CNC(=O)Cc1csc(NC(=O)C2CC2)n1. The second kappa shape index (κ2) is 7.44. The number of thiazole rings is 1. The van der Waals surface area contributed by atoms with Crippen LogP contribution >= 0.6 is 11.3 Å². The van der Waals surface area contributed by atoms with Gasteiger partial charge in [-0.15, -0.1) is 11.3 Å². The molecule has 2 aromatic rings. The van der Waals surface area contributed by atoms with Crippen LogP contribution in [0, 0.1) is 5.92 Å². The summed E-state index contributed by atoms with van der Waals surface area (Å²) in [5, 5.41) is 8.00. The maximum atomic E-state index is 12.1. The lowest BCUT2D eigenvalue weighted by Gasteiger charge is -2.09. The molecule has 0 radical (unpaired) electrons. The summed E-state index contributed by atoms with van der Waals surface area (Å²) < 4.78 is 5.26. The number of nitrogens with one attached hydrogen (secondary N) is 2. The van der Waals surface area contributed by atoms with Crippen molar-refractivity contribution in [2.24, 2.45) is 5.92 Å². The van der Waals surface area contributed by atoms with E-state index in [0.717, 1.165) is 24.2 Å². The number of benzene rings is 1. The fourth-order valence-corrected chi connectivity index (χ4v) is 2.98. The number of para-hydroxylation sites is 1. The summed E-state index contributed by atoms with van der Waals surface area (Å²) in [5.74, 6) is 0.792. The molecule has 6 nitrogen and oxygen atoms in total. The lowest BCUT2D eigenvalue weighted by Crippen LogP contribution is -2.25. The number of aromatic nitrogens is 1. The zero-order valence-corrected chi connectivity index (χ0v) is 14.2. The fraction of sp³-hybridized carbons (Fsp3) is 0.353. The fourth-order valence-electron chi connectivity index (χ4n) is 2.27. The van der Waals surface area contributed by atoms with Crippen LogP contribution in [0.15, 0.2) is 29.6 Å². The molecule has 0 aliphatic heterocycles. The van der Waals surface area contributed by atoms with E-state index in [-0.39, 0.29) is 24.2 Å². The Morgan fingerprint density at radius 3 is 2.88 bits per heavy atom. The van der Waals surface area contributed by atoms with E-state index in [9.17, 15) is 9.59 Å². The molecule has 1 aromatic heterocycles. The predicted molar refractivity (Wildman–Crippen MR) is 92.0 cm³/mol. The molecule has 0 saturated heterocycles. The molecule has 1 aromatic carbocycles. The average Bonchev–Trinajstić information content (AvgIpc) is 3.36. The zero-order valence-electron chi connectivity index (χ0n) is 13.4. The minimum atomic E-state index is -0.119. The van der Waals surface area contributed by atoms with Gasteiger partial charge < -0.3 is 15.4 Å². The molecular weight excluding hydrogens is 326 g/mol. The molecule has 1 fully saturated rings. The Balaban J connectivity index is 1.49. The van der Waals surface area contributed by atoms with Crippen molar-refractivity contribution < 1.29 is 14.3 Å². The van der Waals surface area contributed by atoms with Gasteiger partial charge >= 0.3 is 0 Å². The van der Waals surface area contributed by atoms with Crippen molar-refractivity contribution in [3.05, 3.63) is 40.9 Å². The molecule has 3 rings (SSSR count). The molecule has 1 saturated carbocycles. The molecule has 0 bridgehead atoms. The number of hydrogen-bond acceptors (Lipinski definition) is 5. The van der Waals surface area contributed by atoms with Gasteiger partial charge in [0.05, 0.1) is 19.2 Å². The highest BCUT2D eigenvalue weighted by molar-refractivity contribution is 7.13. The van der Waals surface area contributed by atoms with Gasteiger partial charge in [0.25, 0.3) is 0 Å². The van der Waals surface area contributed by atoms with Crippen LogP contribution in [0.1, 0.15) is 24.1 Å². The van der Waals surface area contributed by atoms with Crippen LogP contribution in [-0.2, 0) is 22.6 Å². The Bertz CT molecular complexity index is 740. The molecule has 1 aliphatic rings. The maximum Gasteiger partial charge on any atom is 0.229 e. The lowest BCUT2D eigenvalue weighted by molar-refractivity contribution is -0.120. The first kappa shape index (κ1) is 16.4. The third-order valence-electron chi connectivity index (χ3n) is 3.74. The van der Waals surface area contributed by atoms with E-state index in [4.69, 9.17) is 4.74 Å². The number of ether oxygens (including phenoxy) is 1. The van der Waals surface area contributed by atoms with Gasteiger partial charge in [0, 0.05) is 23.4 Å². The summed E-state index contributed by atoms with van der Waals surface area (Å²) >= 11 is 1.34. The maximum absolute atomic E-state index is 12.1. The average molecular weight is 345 g/mol. The van der Waals surface area contributed by atoms with Crippen LogP contribution in [0.3, 0.4) is 0 Å². The van der Waals surface area contributed by atoms with E-state index in [0.29, 0.717) is 17.4 Å². The van der Waals surface area contributed by atoms with Gasteiger partial charge in [-0.25, -0.2) is 4.98 Å². The summed E-state index contributed by atoms with van der Waals surface area (Å²) in [6.07, 6.45) is 2.09. The molecule has 1 heterocycles. The largest absolute Gasteiger partial charge is 0.496 e. The Hall–Kier alpha value is -2.41. The monoisotopic (exact) mass is 345 g/mol. The highest BCUT2D eigenvalue weighted by Crippen LogP contribution is 2.30. The number of carbonyl (C=O) groups is 2. The molecule has 2 N–H and O–H groups in total. The summed E-state index contributed by atoms with van der Waals surface area (Å²) in [6.45, 7) is 0.401. The predicted octanol–water partition coefficient (Wildman–Crippen LogP) is 2.36. The van der Waals surface area contributed by atoms with Crippen molar-refractivity contribution in [2.45, 2.75) is 25.8 Å². The summed E-state index contributed by atoms with van der Waals surface area (Å²) in [7, 11) is 1.60. The Labute approximate surface area is 144 Å². The molecule has 0 spiro atoms. The van der Waals surface area contributed by atoms with Crippen LogP contribution < -0.4 is 15.4 Å². The molecule has 0 unspecified atom stereocenters. The van der Waals surface area contributed by atoms with Gasteiger partial charge in [-0.05, 0) is 18.9 Å². The van der Waals surface area contributed by atoms with Crippen LogP contribution in [-0.4, -0.2) is 23.9 Å². The van der Waals surface area contributed by atoms with Crippen LogP contribution in [0.25, 0.3) is 0 Å². The minimum absolute atomic E-state index is 0.0246. The van der Waals surface area contributed by atoms with Gasteiger partial charge in [0.2, 0.25) is 11.8 Å². The number of methoxy groups -OCH3 is 1. The molecule has 24 heavy (non-hydrogen) atoms. The van der Waals surface area contributed by atoms with Crippen LogP contribution in [0.5, 0.6) is 5.75 Å². The van der Waals surface area contributed by atoms with Crippen molar-refractivity contribution in [1.82, 2.24) is 10.3 Å². The third-order valence-corrected chi connectivity index (χ3v) is 4.55. The Kier molecular flexibility index (Phi) is 5.10. The first-order valence-corrected chi connectivity index (χ1v) is 8.67. The lowest BCUT2D eigenvalue weighted by atomic mass is 10.2. The van der Waals surface area contributed by atoms with Crippen LogP contribution in [0.4, 0.5) is 5.13 Å². The van der Waals surface area contributed by atoms with E-state index in [1.807, 2.05) is 24.3 Å². The number of hydrogen-bond donors (Lipinski definition) is 2. The second-order valence-corrected chi connectivity index (χ2v) is 6.53. The van der Waals surface area contributed by atoms with Gasteiger partial charge in [-0.1, -0.05) is 18.2 Å². The smallest absolute Gasteiger partial charge is 0.229 e. The first-order chi connectivity index (χ1) is 11.7. The third kappa shape index (κ3) is 4.32. The summed E-state index contributed by atoms with van der Waals surface area (Å²) in [5.41, 5.74) is 1.58. The normalized spacial score (nSPS) is 13.4. The van der Waals surface area contributed by atoms with Crippen molar-refractivity contribution in [3.8, 4) is 5.75 Å². The van der Waals surface area contributed by atoms with E-state index >= 15 is 0 Å². The van der Waals surface area contributed by atoms with Gasteiger partial charge in [0.15, 0.2) is 5.13 Å². The molecule has 0 atom stereocenters. The summed E-state index contributed by atoms with van der Waals surface area (Å²) in [4.78, 5) is 28.0. The van der Waals surface area contributed by atoms with Crippen molar-refractivity contribution in [2.75, 3.05) is 12.4 Å². The van der Waals surface area contributed by atoms with Crippen molar-refractivity contribution in [3.63, 3.8) is 0 Å². The Morgan fingerprint density at radius 1 is 1.33 bits per heavy atom. The first-order valence-electron chi connectivity index (χ1n) is 7.79. The molecule has 1 aliphatic carbocycles. The van der Waals surface area contributed by atoms with E-state index < -0.39 is 0 Å². The van der Waals surface area contributed by atoms with Gasteiger partial charge in [-0.3, -0.25) is 9.59 Å². The second-order valence-electron chi connectivity index (χ2n) is 5.67. The van der Waals surface area contributed by atoms with Crippen LogP contribution in [0.2, 0.25) is 0 Å². The topological polar surface area (TPSA) is 80.3 Å². The standard InChI is InChI=1S/C17H19N3O3S/c1-23-14-5-3-2-4-12(14)9-18-15(21)8-13-10-24-17(19-13)20-16(22)11-6-7-11/h2-5,10-11H,6-9H2,1H3,(H,18,21)(H,19,20,22). The molecule has 126 valence electrons. The minimum Gasteiger partial charge on any atom is -0.496 e. The number of carbonyl (C=O) groups excluding carboxylic acids is 2. The van der Waals surface area contributed by atoms with E-state index in [2.05, 4.69) is 15.6 Å². The van der Waals surface area contributed by atoms with E-state index in [1.165, 1.54) is 11.3 Å². The highest BCUT2D eigenvalue weighted by atomic mass is 32.1. The van der Waals surface area contributed by atoms with Crippen molar-refractivity contribution >= 4 is 28.3 Å². The van der Waals surface area contributed by atoms with Gasteiger partial charge in [-0.2, -0.15) is 0 Å². The van der Waals surface area contributed by atoms with E-state index in [1.54, 1.807) is 12.5 Å². The number of anilines is 1. The Morgan fingerprint density at radius 2 is 2.12 bits per heavy atom. The van der Waals surface area contributed by atoms with Crippen molar-refractivity contribution in [1.29, 1.82) is 0 Å². The molecule has 7 heteroatoms. The zero-order chi connectivity index (χ0) is 16.9. The highest BCUT2D eigenvalue weighted by Gasteiger charge is 2.30. The number of rotatable bonds is 7. The number of amides is 2.